The molecule has 5 aromatic carbocycles. The molecule has 0 unspecified atom stereocenters. The topological polar surface area (TPSA) is 140 Å². The summed E-state index contributed by atoms with van der Waals surface area (Å²) < 4.78 is 0. The fourth-order valence-corrected chi connectivity index (χ4v) is 5.44. The van der Waals surface area contributed by atoms with Crippen LogP contribution in [0.1, 0.15) is 0 Å². The molecule has 7 aromatic rings. The Bertz CT molecular complexity index is 2180. The summed E-state index contributed by atoms with van der Waals surface area (Å²) in [6.07, 6.45) is 3.45. The first kappa shape index (κ1) is 27.4. The molecule has 7 rings (SSSR count). The number of hydrogen-bond acceptors (Lipinski definition) is 8. The molecule has 8 heteroatoms. The van der Waals surface area contributed by atoms with E-state index in [0.717, 1.165) is 38.6 Å². The van der Waals surface area contributed by atoms with E-state index in [-0.39, 0.29) is 5.82 Å². The number of pyridine rings is 1. The lowest BCUT2D eigenvalue weighted by molar-refractivity contribution is 0.329. The van der Waals surface area contributed by atoms with Crippen LogP contribution in [-0.2, 0) is 0 Å². The zero-order chi connectivity index (χ0) is 31.1. The van der Waals surface area contributed by atoms with E-state index in [1.54, 1.807) is 18.5 Å². The van der Waals surface area contributed by atoms with E-state index in [4.69, 9.17) is 0 Å². The molecule has 0 radical (unpaired) electrons. The first-order valence-electron chi connectivity index (χ1n) is 14.1. The third-order valence-corrected chi connectivity index (χ3v) is 7.76. The van der Waals surface area contributed by atoms with Crippen LogP contribution in [0.5, 0.6) is 28.7 Å². The summed E-state index contributed by atoms with van der Waals surface area (Å²) in [6.45, 7) is 0. The SMILES string of the molecule is Oc1c(O)c(O)c(-c2nc(-c3ccc(-c4cccc5ccccc45)cc3)cc(-c3cccc(-c4cccnc4)c3)n2)c(O)c1O. The molecule has 218 valence electrons. The van der Waals surface area contributed by atoms with Crippen LogP contribution < -0.4 is 0 Å². The summed E-state index contributed by atoms with van der Waals surface area (Å²) >= 11 is 0. The van der Waals surface area contributed by atoms with Crippen molar-refractivity contribution in [1.82, 2.24) is 15.0 Å². The van der Waals surface area contributed by atoms with Crippen LogP contribution in [-0.4, -0.2) is 40.5 Å². The predicted octanol–water partition coefficient (Wildman–Crippen LogP) is 7.89. The third kappa shape index (κ3) is 4.90. The molecule has 0 amide bonds. The summed E-state index contributed by atoms with van der Waals surface area (Å²) in [5, 5.41) is 54.2. The molecule has 0 aliphatic carbocycles. The average Bonchev–Trinajstić information content (AvgIpc) is 3.10. The molecule has 0 aliphatic heterocycles. The lowest BCUT2D eigenvalue weighted by Gasteiger charge is -2.14. The molecule has 0 aliphatic rings. The van der Waals surface area contributed by atoms with E-state index in [9.17, 15) is 25.5 Å². The van der Waals surface area contributed by atoms with Crippen LogP contribution in [0.3, 0.4) is 0 Å². The maximum Gasteiger partial charge on any atom is 0.208 e. The number of aromatic hydroxyl groups is 5. The van der Waals surface area contributed by atoms with Crippen molar-refractivity contribution in [3.8, 4) is 84.9 Å². The number of phenolic OH excluding ortho intramolecular Hbond substituents is 5. The minimum atomic E-state index is -1.06. The smallest absolute Gasteiger partial charge is 0.208 e. The summed E-state index contributed by atoms with van der Waals surface area (Å²) in [6, 6.07) is 35.4. The predicted molar refractivity (Wildman–Crippen MR) is 173 cm³/mol. The highest BCUT2D eigenvalue weighted by Gasteiger charge is 2.27. The molecular weight excluding hydrogens is 566 g/mol. The van der Waals surface area contributed by atoms with E-state index in [2.05, 4.69) is 39.2 Å². The molecule has 0 saturated carbocycles. The van der Waals surface area contributed by atoms with Crippen LogP contribution in [0, 0.1) is 0 Å². The zero-order valence-electron chi connectivity index (χ0n) is 23.6. The number of rotatable bonds is 5. The van der Waals surface area contributed by atoms with Gasteiger partial charge in [0.2, 0.25) is 17.2 Å². The second-order valence-electron chi connectivity index (χ2n) is 10.5. The molecule has 45 heavy (non-hydrogen) atoms. The average molecular weight is 592 g/mol. The van der Waals surface area contributed by atoms with E-state index in [1.165, 1.54) is 0 Å². The molecular formula is C37H25N3O5. The van der Waals surface area contributed by atoms with Crippen molar-refractivity contribution in [2.45, 2.75) is 0 Å². The van der Waals surface area contributed by atoms with Crippen molar-refractivity contribution in [2.24, 2.45) is 0 Å². The summed E-state index contributed by atoms with van der Waals surface area (Å²) in [4.78, 5) is 13.4. The van der Waals surface area contributed by atoms with Gasteiger partial charge in [0.25, 0.3) is 0 Å². The Balaban J connectivity index is 1.40. The number of phenols is 5. The maximum atomic E-state index is 10.7. The Hall–Kier alpha value is -6.41. The van der Waals surface area contributed by atoms with Crippen molar-refractivity contribution in [1.29, 1.82) is 0 Å². The number of benzene rings is 5. The van der Waals surface area contributed by atoms with E-state index in [0.29, 0.717) is 17.0 Å². The van der Waals surface area contributed by atoms with Crippen LogP contribution in [0.2, 0.25) is 0 Å². The Labute approximate surface area is 257 Å². The second-order valence-corrected chi connectivity index (χ2v) is 10.5. The van der Waals surface area contributed by atoms with Gasteiger partial charge in [0.15, 0.2) is 17.3 Å². The van der Waals surface area contributed by atoms with Gasteiger partial charge in [0.1, 0.15) is 5.56 Å². The molecule has 0 fully saturated rings. The van der Waals surface area contributed by atoms with Gasteiger partial charge in [0, 0.05) is 29.1 Å². The van der Waals surface area contributed by atoms with Gasteiger partial charge in [-0.2, -0.15) is 0 Å². The summed E-state index contributed by atoms with van der Waals surface area (Å²) in [5.74, 6) is -4.99. The number of nitrogens with zero attached hydrogens (tertiary/aromatic N) is 3. The van der Waals surface area contributed by atoms with Crippen LogP contribution in [0.15, 0.2) is 122 Å². The van der Waals surface area contributed by atoms with Gasteiger partial charge in [0.05, 0.1) is 11.4 Å². The quantitative estimate of drug-likeness (QED) is 0.101. The Morgan fingerprint density at radius 3 is 1.78 bits per heavy atom. The Morgan fingerprint density at radius 2 is 1.04 bits per heavy atom. The number of fused-ring (bicyclic) bond motifs is 1. The van der Waals surface area contributed by atoms with Crippen molar-refractivity contribution >= 4 is 10.8 Å². The van der Waals surface area contributed by atoms with Gasteiger partial charge in [-0.1, -0.05) is 91.0 Å². The highest BCUT2D eigenvalue weighted by Crippen LogP contribution is 2.54. The molecule has 2 aromatic heterocycles. The molecule has 0 atom stereocenters. The number of hydrogen-bond donors (Lipinski definition) is 5. The van der Waals surface area contributed by atoms with Crippen molar-refractivity contribution in [3.63, 3.8) is 0 Å². The van der Waals surface area contributed by atoms with Gasteiger partial charge in [-0.15, -0.1) is 0 Å². The van der Waals surface area contributed by atoms with E-state index < -0.39 is 34.3 Å². The van der Waals surface area contributed by atoms with Crippen LogP contribution in [0.4, 0.5) is 0 Å². The third-order valence-electron chi connectivity index (χ3n) is 7.76. The first-order chi connectivity index (χ1) is 21.9. The minimum Gasteiger partial charge on any atom is -0.504 e. The van der Waals surface area contributed by atoms with Gasteiger partial charge < -0.3 is 25.5 Å². The van der Waals surface area contributed by atoms with Gasteiger partial charge >= 0.3 is 0 Å². The molecule has 5 N–H and O–H groups in total. The largest absolute Gasteiger partial charge is 0.504 e. The normalized spacial score (nSPS) is 11.1. The Kier molecular flexibility index (Phi) is 6.71. The number of aromatic nitrogens is 3. The second kappa shape index (κ2) is 11.0. The van der Waals surface area contributed by atoms with Gasteiger partial charge in [-0.3, -0.25) is 4.98 Å². The standard InChI is InChI=1S/C37H25N3O5/c41-32-31(33(42)35(44)36(45)34(32)43)37-39-29(19-30(40-37)25-9-3-8-24(18-25)26-10-5-17-38-20-26)23-15-13-22(14-16-23)28-12-4-7-21-6-1-2-11-27(21)28/h1-20,41-45H. The molecule has 2 heterocycles. The highest BCUT2D eigenvalue weighted by atomic mass is 16.4. The Morgan fingerprint density at radius 1 is 0.444 bits per heavy atom. The first-order valence-corrected chi connectivity index (χ1v) is 14.1. The lowest BCUT2D eigenvalue weighted by Crippen LogP contribution is -1.97. The van der Waals surface area contributed by atoms with Crippen molar-refractivity contribution < 1.29 is 25.5 Å². The van der Waals surface area contributed by atoms with Crippen LogP contribution in [0.25, 0.3) is 66.9 Å². The molecule has 8 nitrogen and oxygen atoms in total. The molecule has 0 spiro atoms. The minimum absolute atomic E-state index is 0.173. The fraction of sp³-hybridized carbons (Fsp3) is 0. The van der Waals surface area contributed by atoms with Crippen LogP contribution >= 0.6 is 0 Å². The molecule has 0 bridgehead atoms. The monoisotopic (exact) mass is 591 g/mol. The summed E-state index contributed by atoms with van der Waals surface area (Å²) in [7, 11) is 0. The van der Waals surface area contributed by atoms with Crippen molar-refractivity contribution in [3.05, 3.63) is 122 Å². The lowest BCUT2D eigenvalue weighted by atomic mass is 9.96. The fourth-order valence-electron chi connectivity index (χ4n) is 5.44. The summed E-state index contributed by atoms with van der Waals surface area (Å²) in [5.41, 5.74) is 5.80. The van der Waals surface area contributed by atoms with Crippen molar-refractivity contribution in [2.75, 3.05) is 0 Å². The van der Waals surface area contributed by atoms with E-state index >= 15 is 0 Å². The van der Waals surface area contributed by atoms with Gasteiger partial charge in [-0.25, -0.2) is 9.97 Å². The maximum absolute atomic E-state index is 10.7. The van der Waals surface area contributed by atoms with Gasteiger partial charge in [-0.05, 0) is 45.7 Å². The zero-order valence-corrected chi connectivity index (χ0v) is 23.6. The van der Waals surface area contributed by atoms with E-state index in [1.807, 2.05) is 78.9 Å². The molecule has 0 saturated heterocycles. The highest BCUT2D eigenvalue weighted by molar-refractivity contribution is 5.97.